The fraction of sp³-hybridized carbons (Fsp3) is 0.857. The van der Waals surface area contributed by atoms with Gasteiger partial charge in [-0.3, -0.25) is 9.59 Å². The highest BCUT2D eigenvalue weighted by atomic mass is 35.5. The Kier molecular flexibility index (Phi) is 9.59. The van der Waals surface area contributed by atoms with Crippen LogP contribution in [0.25, 0.3) is 0 Å². The van der Waals surface area contributed by atoms with Crippen LogP contribution in [0.1, 0.15) is 52.4 Å². The highest BCUT2D eigenvalue weighted by Crippen LogP contribution is 2.29. The van der Waals surface area contributed by atoms with Crippen molar-refractivity contribution in [2.75, 3.05) is 19.8 Å². The van der Waals surface area contributed by atoms with Gasteiger partial charge in [-0.1, -0.05) is 19.3 Å². The maximum atomic E-state index is 12.1. The molecule has 1 fully saturated rings. The SMILES string of the molecule is CCOC(=O)CCNC1(C(=O)OCC)CCCCC1.Cl. The standard InChI is InChI=1S/C14H25NO4.ClH/c1-3-18-12(16)8-11-15-14(13(17)19-4-2)9-6-5-7-10-14;/h15H,3-11H2,1-2H3;1H. The van der Waals surface area contributed by atoms with Gasteiger partial charge in [0, 0.05) is 6.54 Å². The van der Waals surface area contributed by atoms with Crippen LogP contribution >= 0.6 is 12.4 Å². The monoisotopic (exact) mass is 307 g/mol. The van der Waals surface area contributed by atoms with Crippen molar-refractivity contribution in [3.05, 3.63) is 0 Å². The molecule has 0 aromatic rings. The average molecular weight is 308 g/mol. The van der Waals surface area contributed by atoms with E-state index in [9.17, 15) is 9.59 Å². The number of ether oxygens (including phenoxy) is 2. The summed E-state index contributed by atoms with van der Waals surface area (Å²) < 4.78 is 10.0. The molecule has 0 bridgehead atoms. The van der Waals surface area contributed by atoms with E-state index in [0.717, 1.165) is 32.1 Å². The number of halogens is 1. The zero-order chi connectivity index (χ0) is 14.1. The lowest BCUT2D eigenvalue weighted by molar-refractivity contribution is -0.153. The van der Waals surface area contributed by atoms with Crippen molar-refractivity contribution in [2.45, 2.75) is 57.9 Å². The Labute approximate surface area is 127 Å². The number of carbonyl (C=O) groups is 2. The fourth-order valence-electron chi connectivity index (χ4n) is 2.51. The second kappa shape index (κ2) is 10.00. The first-order valence-corrected chi connectivity index (χ1v) is 7.22. The highest BCUT2D eigenvalue weighted by Gasteiger charge is 2.40. The van der Waals surface area contributed by atoms with E-state index in [2.05, 4.69) is 5.32 Å². The summed E-state index contributed by atoms with van der Waals surface area (Å²) in [6.45, 7) is 4.83. The number of hydrogen-bond donors (Lipinski definition) is 1. The van der Waals surface area contributed by atoms with Gasteiger partial charge in [-0.05, 0) is 26.7 Å². The molecule has 0 aromatic carbocycles. The molecule has 0 aliphatic heterocycles. The first kappa shape index (κ1) is 19.2. The van der Waals surface area contributed by atoms with Crippen molar-refractivity contribution >= 4 is 24.3 Å². The van der Waals surface area contributed by atoms with Crippen LogP contribution < -0.4 is 5.32 Å². The molecule has 5 nitrogen and oxygen atoms in total. The van der Waals surface area contributed by atoms with Gasteiger partial charge in [0.1, 0.15) is 5.54 Å². The van der Waals surface area contributed by atoms with Gasteiger partial charge in [-0.25, -0.2) is 0 Å². The normalized spacial score (nSPS) is 16.9. The predicted octanol–water partition coefficient (Wildman–Crippen LogP) is 2.22. The van der Waals surface area contributed by atoms with Gasteiger partial charge in [-0.15, -0.1) is 12.4 Å². The van der Waals surface area contributed by atoms with Gasteiger partial charge in [0.25, 0.3) is 0 Å². The molecular formula is C14H26ClNO4. The second-order valence-electron chi connectivity index (χ2n) is 4.85. The Morgan fingerprint density at radius 2 is 1.65 bits per heavy atom. The van der Waals surface area contributed by atoms with Crippen LogP contribution in [0.4, 0.5) is 0 Å². The van der Waals surface area contributed by atoms with Gasteiger partial charge in [0.2, 0.25) is 0 Å². The number of carbonyl (C=O) groups excluding carboxylic acids is 2. The average Bonchev–Trinajstić information content (AvgIpc) is 2.40. The van der Waals surface area contributed by atoms with Gasteiger partial charge < -0.3 is 14.8 Å². The van der Waals surface area contributed by atoms with Crippen molar-refractivity contribution in [1.29, 1.82) is 0 Å². The topological polar surface area (TPSA) is 64.6 Å². The summed E-state index contributed by atoms with van der Waals surface area (Å²) in [5, 5.41) is 3.23. The van der Waals surface area contributed by atoms with Crippen LogP contribution in [0.15, 0.2) is 0 Å². The molecule has 0 spiro atoms. The third kappa shape index (κ3) is 5.67. The second-order valence-corrected chi connectivity index (χ2v) is 4.85. The predicted molar refractivity (Wildman–Crippen MR) is 78.9 cm³/mol. The molecule has 0 saturated heterocycles. The Hall–Kier alpha value is -0.810. The van der Waals surface area contributed by atoms with Crippen molar-refractivity contribution in [3.8, 4) is 0 Å². The molecule has 0 radical (unpaired) electrons. The van der Waals surface area contributed by atoms with Crippen LogP contribution in [0.2, 0.25) is 0 Å². The largest absolute Gasteiger partial charge is 0.466 e. The summed E-state index contributed by atoms with van der Waals surface area (Å²) in [4.78, 5) is 23.4. The molecule has 0 atom stereocenters. The molecule has 0 aromatic heterocycles. The molecule has 0 unspecified atom stereocenters. The highest BCUT2D eigenvalue weighted by molar-refractivity contribution is 5.85. The summed E-state index contributed by atoms with van der Waals surface area (Å²) in [7, 11) is 0. The zero-order valence-electron chi connectivity index (χ0n) is 12.4. The van der Waals surface area contributed by atoms with E-state index in [4.69, 9.17) is 9.47 Å². The smallest absolute Gasteiger partial charge is 0.326 e. The van der Waals surface area contributed by atoms with E-state index < -0.39 is 5.54 Å². The van der Waals surface area contributed by atoms with Crippen LogP contribution in [0, 0.1) is 0 Å². The maximum Gasteiger partial charge on any atom is 0.326 e. The molecule has 1 rings (SSSR count). The van der Waals surface area contributed by atoms with Crippen molar-refractivity contribution in [3.63, 3.8) is 0 Å². The summed E-state index contributed by atoms with van der Waals surface area (Å²) in [6.07, 6.45) is 5.05. The zero-order valence-corrected chi connectivity index (χ0v) is 13.2. The van der Waals surface area contributed by atoms with Crippen LogP contribution in [-0.2, 0) is 19.1 Å². The van der Waals surface area contributed by atoms with E-state index >= 15 is 0 Å². The first-order valence-electron chi connectivity index (χ1n) is 7.22. The number of rotatable bonds is 7. The number of hydrogen-bond acceptors (Lipinski definition) is 5. The molecule has 0 heterocycles. The summed E-state index contributed by atoms with van der Waals surface area (Å²) in [6, 6.07) is 0. The lowest BCUT2D eigenvalue weighted by Crippen LogP contribution is -2.54. The van der Waals surface area contributed by atoms with Gasteiger partial charge in [-0.2, -0.15) is 0 Å². The van der Waals surface area contributed by atoms with Gasteiger partial charge >= 0.3 is 11.9 Å². The molecule has 1 N–H and O–H groups in total. The molecule has 1 saturated carbocycles. The van der Waals surface area contributed by atoms with E-state index in [-0.39, 0.29) is 30.8 Å². The molecule has 118 valence electrons. The van der Waals surface area contributed by atoms with Crippen LogP contribution in [0.5, 0.6) is 0 Å². The lowest BCUT2D eigenvalue weighted by Gasteiger charge is -2.35. The minimum absolute atomic E-state index is 0. The van der Waals surface area contributed by atoms with E-state index in [0.29, 0.717) is 19.8 Å². The van der Waals surface area contributed by atoms with E-state index in [1.54, 1.807) is 6.92 Å². The minimum Gasteiger partial charge on any atom is -0.466 e. The van der Waals surface area contributed by atoms with Crippen LogP contribution in [-0.4, -0.2) is 37.2 Å². The Morgan fingerprint density at radius 3 is 2.20 bits per heavy atom. The lowest BCUT2D eigenvalue weighted by atomic mass is 9.81. The summed E-state index contributed by atoms with van der Waals surface area (Å²) in [5.41, 5.74) is -0.596. The molecule has 1 aliphatic carbocycles. The maximum absolute atomic E-state index is 12.1. The van der Waals surface area contributed by atoms with Gasteiger partial charge in [0.05, 0.1) is 19.6 Å². The Bertz CT molecular complexity index is 304. The van der Waals surface area contributed by atoms with E-state index in [1.165, 1.54) is 0 Å². The summed E-state index contributed by atoms with van der Waals surface area (Å²) >= 11 is 0. The van der Waals surface area contributed by atoms with Gasteiger partial charge in [0.15, 0.2) is 0 Å². The molecule has 1 aliphatic rings. The Morgan fingerprint density at radius 1 is 1.05 bits per heavy atom. The number of esters is 2. The minimum atomic E-state index is -0.596. The molecule has 20 heavy (non-hydrogen) atoms. The van der Waals surface area contributed by atoms with E-state index in [1.807, 2.05) is 6.92 Å². The van der Waals surface area contributed by atoms with Crippen molar-refractivity contribution in [2.24, 2.45) is 0 Å². The third-order valence-electron chi connectivity index (χ3n) is 3.47. The Balaban J connectivity index is 0.00000361. The quantitative estimate of drug-likeness (QED) is 0.731. The molecular weight excluding hydrogens is 282 g/mol. The first-order chi connectivity index (χ1) is 9.14. The molecule has 6 heteroatoms. The molecule has 0 amide bonds. The van der Waals surface area contributed by atoms with Crippen molar-refractivity contribution < 1.29 is 19.1 Å². The third-order valence-corrected chi connectivity index (χ3v) is 3.47. The van der Waals surface area contributed by atoms with Crippen LogP contribution in [0.3, 0.4) is 0 Å². The fourth-order valence-corrected chi connectivity index (χ4v) is 2.51. The van der Waals surface area contributed by atoms with Crippen molar-refractivity contribution in [1.82, 2.24) is 5.32 Å². The number of nitrogens with one attached hydrogen (secondary N) is 1. The summed E-state index contributed by atoms with van der Waals surface area (Å²) in [5.74, 6) is -0.414.